The second kappa shape index (κ2) is 7.36. The highest BCUT2D eigenvalue weighted by Crippen LogP contribution is 2.31. The van der Waals surface area contributed by atoms with Crippen LogP contribution in [0.1, 0.15) is 11.4 Å². The average Bonchev–Trinajstić information content (AvgIpc) is 3.09. The summed E-state index contributed by atoms with van der Waals surface area (Å²) < 4.78 is 0. The first kappa shape index (κ1) is 16.9. The van der Waals surface area contributed by atoms with Gasteiger partial charge in [-0.3, -0.25) is 0 Å². The van der Waals surface area contributed by atoms with Crippen LogP contribution < -0.4 is 0 Å². The van der Waals surface area contributed by atoms with Gasteiger partial charge in [0.25, 0.3) is 0 Å². The summed E-state index contributed by atoms with van der Waals surface area (Å²) in [6, 6.07) is 26.0. The monoisotopic (exact) mass is 378 g/mol. The molecular formula is C22H16Cl2N2. The van der Waals surface area contributed by atoms with Gasteiger partial charge in [-0.2, -0.15) is 0 Å². The quantitative estimate of drug-likeness (QED) is 0.423. The molecule has 0 aliphatic rings. The molecule has 1 aromatic heterocycles. The van der Waals surface area contributed by atoms with E-state index in [1.807, 2.05) is 48.5 Å². The van der Waals surface area contributed by atoms with Crippen LogP contribution in [0.2, 0.25) is 10.0 Å². The highest BCUT2D eigenvalue weighted by molar-refractivity contribution is 6.35. The molecule has 128 valence electrons. The van der Waals surface area contributed by atoms with Crippen molar-refractivity contribution in [3.63, 3.8) is 0 Å². The number of nitrogens with zero attached hydrogens (tertiary/aromatic N) is 1. The number of hydrogen-bond acceptors (Lipinski definition) is 1. The average molecular weight is 379 g/mol. The first-order valence-electron chi connectivity index (χ1n) is 8.34. The number of aromatic amines is 1. The number of benzene rings is 3. The molecule has 0 saturated heterocycles. The fraction of sp³-hybridized carbons (Fsp3) is 0.0455. The molecule has 0 radical (unpaired) electrons. The van der Waals surface area contributed by atoms with Crippen LogP contribution in [0.15, 0.2) is 78.9 Å². The van der Waals surface area contributed by atoms with Crippen LogP contribution in [0.4, 0.5) is 0 Å². The second-order valence-corrected chi connectivity index (χ2v) is 6.90. The van der Waals surface area contributed by atoms with Gasteiger partial charge >= 0.3 is 0 Å². The van der Waals surface area contributed by atoms with Crippen molar-refractivity contribution < 1.29 is 0 Å². The van der Waals surface area contributed by atoms with Crippen molar-refractivity contribution in [1.82, 2.24) is 9.97 Å². The van der Waals surface area contributed by atoms with Crippen LogP contribution in [0.3, 0.4) is 0 Å². The van der Waals surface area contributed by atoms with Crippen LogP contribution in [0.25, 0.3) is 22.5 Å². The molecule has 0 spiro atoms. The summed E-state index contributed by atoms with van der Waals surface area (Å²) in [4.78, 5) is 8.35. The lowest BCUT2D eigenvalue weighted by Crippen LogP contribution is -1.92. The van der Waals surface area contributed by atoms with Gasteiger partial charge in [0.1, 0.15) is 5.82 Å². The molecule has 4 rings (SSSR count). The van der Waals surface area contributed by atoms with Crippen molar-refractivity contribution in [2.24, 2.45) is 0 Å². The van der Waals surface area contributed by atoms with Gasteiger partial charge in [-0.15, -0.1) is 0 Å². The Hall–Kier alpha value is -2.55. The van der Waals surface area contributed by atoms with Crippen molar-refractivity contribution in [3.05, 3.63) is 100 Å². The van der Waals surface area contributed by atoms with E-state index in [-0.39, 0.29) is 0 Å². The number of halogens is 2. The van der Waals surface area contributed by atoms with Gasteiger partial charge in [0.2, 0.25) is 0 Å². The highest BCUT2D eigenvalue weighted by atomic mass is 35.5. The van der Waals surface area contributed by atoms with E-state index in [4.69, 9.17) is 28.2 Å². The maximum atomic E-state index is 6.33. The molecule has 0 unspecified atom stereocenters. The van der Waals surface area contributed by atoms with E-state index >= 15 is 0 Å². The molecule has 4 heteroatoms. The number of aromatic nitrogens is 2. The van der Waals surface area contributed by atoms with E-state index < -0.39 is 0 Å². The predicted molar refractivity (Wildman–Crippen MR) is 109 cm³/mol. The van der Waals surface area contributed by atoms with Crippen molar-refractivity contribution >= 4 is 23.2 Å². The van der Waals surface area contributed by atoms with Crippen LogP contribution in [-0.2, 0) is 6.42 Å². The third kappa shape index (κ3) is 3.52. The molecule has 0 saturated carbocycles. The maximum absolute atomic E-state index is 6.33. The van der Waals surface area contributed by atoms with E-state index in [9.17, 15) is 0 Å². The molecule has 0 amide bonds. The zero-order valence-electron chi connectivity index (χ0n) is 13.9. The van der Waals surface area contributed by atoms with E-state index in [2.05, 4.69) is 29.2 Å². The largest absolute Gasteiger partial charge is 0.341 e. The standard InChI is InChI=1S/C22H16Cl2N2/c23-18-12-11-17(19(24)14-18)13-20-25-21(15-7-3-1-4-8-15)22(26-20)16-9-5-2-6-10-16/h1-12,14H,13H2,(H,25,26). The summed E-state index contributed by atoms with van der Waals surface area (Å²) in [5, 5.41) is 1.28. The third-order valence-corrected chi connectivity index (χ3v) is 4.82. The molecular weight excluding hydrogens is 363 g/mol. The minimum atomic E-state index is 0.614. The van der Waals surface area contributed by atoms with Gasteiger partial charge in [-0.25, -0.2) is 4.98 Å². The first-order chi connectivity index (χ1) is 12.7. The zero-order chi connectivity index (χ0) is 17.9. The van der Waals surface area contributed by atoms with Crippen LogP contribution in [0.5, 0.6) is 0 Å². The number of nitrogens with one attached hydrogen (secondary N) is 1. The lowest BCUT2D eigenvalue weighted by Gasteiger charge is -2.03. The molecule has 0 bridgehead atoms. The predicted octanol–water partition coefficient (Wildman–Crippen LogP) is 6.64. The fourth-order valence-electron chi connectivity index (χ4n) is 2.97. The molecule has 0 aliphatic heterocycles. The van der Waals surface area contributed by atoms with Crippen molar-refractivity contribution in [2.75, 3.05) is 0 Å². The normalized spacial score (nSPS) is 10.8. The van der Waals surface area contributed by atoms with E-state index in [1.54, 1.807) is 6.07 Å². The summed E-state index contributed by atoms with van der Waals surface area (Å²) in [5.41, 5.74) is 5.13. The molecule has 4 aromatic rings. The number of imidazole rings is 1. The summed E-state index contributed by atoms with van der Waals surface area (Å²) in [7, 11) is 0. The van der Waals surface area contributed by atoms with Gasteiger partial charge in [-0.1, -0.05) is 89.9 Å². The van der Waals surface area contributed by atoms with E-state index in [0.29, 0.717) is 16.5 Å². The molecule has 1 N–H and O–H groups in total. The van der Waals surface area contributed by atoms with Crippen molar-refractivity contribution in [1.29, 1.82) is 0 Å². The summed E-state index contributed by atoms with van der Waals surface area (Å²) in [5.74, 6) is 0.868. The SMILES string of the molecule is Clc1ccc(Cc2nc(-c3ccccc3)c(-c3ccccc3)[nH]2)c(Cl)c1. The van der Waals surface area contributed by atoms with Gasteiger partial charge in [0, 0.05) is 27.6 Å². The zero-order valence-corrected chi connectivity index (χ0v) is 15.4. The lowest BCUT2D eigenvalue weighted by atomic mass is 10.1. The molecule has 26 heavy (non-hydrogen) atoms. The van der Waals surface area contributed by atoms with Gasteiger partial charge in [0.15, 0.2) is 0 Å². The highest BCUT2D eigenvalue weighted by Gasteiger charge is 2.15. The Morgan fingerprint density at radius 1 is 0.769 bits per heavy atom. The fourth-order valence-corrected chi connectivity index (χ4v) is 3.45. The number of rotatable bonds is 4. The molecule has 1 heterocycles. The Kier molecular flexibility index (Phi) is 4.79. The molecule has 3 aromatic carbocycles. The minimum Gasteiger partial charge on any atom is -0.341 e. The van der Waals surface area contributed by atoms with Crippen molar-refractivity contribution in [3.8, 4) is 22.5 Å². The van der Waals surface area contributed by atoms with Gasteiger partial charge < -0.3 is 4.98 Å². The Morgan fingerprint density at radius 3 is 2.08 bits per heavy atom. The summed E-state index contributed by atoms with van der Waals surface area (Å²) in [6.45, 7) is 0. The van der Waals surface area contributed by atoms with E-state index in [1.165, 1.54) is 0 Å². The van der Waals surface area contributed by atoms with Gasteiger partial charge in [-0.05, 0) is 17.7 Å². The molecule has 2 nitrogen and oxygen atoms in total. The van der Waals surface area contributed by atoms with Crippen LogP contribution >= 0.6 is 23.2 Å². The topological polar surface area (TPSA) is 28.7 Å². The summed E-state index contributed by atoms with van der Waals surface area (Å²) in [6.07, 6.45) is 0.614. The Labute approximate surface area is 162 Å². The lowest BCUT2D eigenvalue weighted by molar-refractivity contribution is 1.03. The second-order valence-electron chi connectivity index (χ2n) is 6.05. The smallest absolute Gasteiger partial charge is 0.111 e. The number of H-pyrrole nitrogens is 1. The molecule has 0 fully saturated rings. The molecule has 0 aliphatic carbocycles. The van der Waals surface area contributed by atoms with E-state index in [0.717, 1.165) is 33.9 Å². The van der Waals surface area contributed by atoms with Crippen molar-refractivity contribution in [2.45, 2.75) is 6.42 Å². The number of hydrogen-bond donors (Lipinski definition) is 1. The third-order valence-electron chi connectivity index (χ3n) is 4.24. The Bertz CT molecular complexity index is 968. The molecule has 0 atom stereocenters. The summed E-state index contributed by atoms with van der Waals surface area (Å²) >= 11 is 12.3. The Morgan fingerprint density at radius 2 is 1.42 bits per heavy atom. The Balaban J connectivity index is 1.78. The minimum absolute atomic E-state index is 0.614. The van der Waals surface area contributed by atoms with Gasteiger partial charge in [0.05, 0.1) is 11.4 Å². The maximum Gasteiger partial charge on any atom is 0.111 e. The first-order valence-corrected chi connectivity index (χ1v) is 9.10. The van der Waals surface area contributed by atoms with Crippen LogP contribution in [-0.4, -0.2) is 9.97 Å². The van der Waals surface area contributed by atoms with Crippen LogP contribution in [0, 0.1) is 0 Å².